The Labute approximate surface area is 132 Å². The Kier molecular flexibility index (Phi) is 4.03. The van der Waals surface area contributed by atoms with Gasteiger partial charge in [0.2, 0.25) is 5.88 Å². The van der Waals surface area contributed by atoms with Gasteiger partial charge in [-0.15, -0.1) is 0 Å². The fourth-order valence-corrected chi connectivity index (χ4v) is 2.62. The zero-order chi connectivity index (χ0) is 14.7. The Bertz CT molecular complexity index is 723. The summed E-state index contributed by atoms with van der Waals surface area (Å²) >= 11 is 3.44. The fraction of sp³-hybridized carbons (Fsp3) is 0.176. The quantitative estimate of drug-likeness (QED) is 0.759. The molecule has 0 spiro atoms. The van der Waals surface area contributed by atoms with Gasteiger partial charge in [0.15, 0.2) is 0 Å². The standard InChI is InChI=1S/C17H13BrN2O/c18-8-2-5-12-10-15-13(11-19)4-1-7-16(15)21-17-14(12)6-3-9-20-17/h1,3-7,9-10,13H,2,8H2. The minimum atomic E-state index is -0.285. The third-order valence-electron chi connectivity index (χ3n) is 3.38. The summed E-state index contributed by atoms with van der Waals surface area (Å²) in [4.78, 5) is 4.32. The number of hydrogen-bond donors (Lipinski definition) is 0. The van der Waals surface area contributed by atoms with Gasteiger partial charge < -0.3 is 4.74 Å². The van der Waals surface area contributed by atoms with Crippen molar-refractivity contribution in [3.05, 3.63) is 65.6 Å². The van der Waals surface area contributed by atoms with E-state index in [4.69, 9.17) is 4.74 Å². The van der Waals surface area contributed by atoms with Crippen molar-refractivity contribution in [2.75, 3.05) is 5.33 Å². The summed E-state index contributed by atoms with van der Waals surface area (Å²) in [7, 11) is 0. The summed E-state index contributed by atoms with van der Waals surface area (Å²) < 4.78 is 5.93. The number of alkyl halides is 1. The molecule has 0 amide bonds. The van der Waals surface area contributed by atoms with Gasteiger partial charge in [0.1, 0.15) is 5.76 Å². The van der Waals surface area contributed by atoms with E-state index in [0.29, 0.717) is 11.6 Å². The van der Waals surface area contributed by atoms with E-state index in [1.165, 1.54) is 0 Å². The normalized spacial score (nSPS) is 21.3. The van der Waals surface area contributed by atoms with Gasteiger partial charge in [-0.2, -0.15) is 5.26 Å². The minimum Gasteiger partial charge on any atom is -0.438 e. The van der Waals surface area contributed by atoms with Crippen molar-refractivity contribution in [2.45, 2.75) is 6.42 Å². The predicted molar refractivity (Wildman–Crippen MR) is 85.7 cm³/mol. The molecule has 0 fully saturated rings. The first-order valence-electron chi connectivity index (χ1n) is 6.73. The van der Waals surface area contributed by atoms with Crippen LogP contribution in [0, 0.1) is 17.2 Å². The van der Waals surface area contributed by atoms with Crippen LogP contribution in [-0.4, -0.2) is 10.3 Å². The lowest BCUT2D eigenvalue weighted by Crippen LogP contribution is -2.09. The van der Waals surface area contributed by atoms with Gasteiger partial charge in [-0.05, 0) is 36.3 Å². The van der Waals surface area contributed by atoms with E-state index in [0.717, 1.165) is 28.5 Å². The molecule has 104 valence electrons. The Morgan fingerprint density at radius 2 is 2.38 bits per heavy atom. The maximum atomic E-state index is 9.33. The highest BCUT2D eigenvalue weighted by molar-refractivity contribution is 9.09. The van der Waals surface area contributed by atoms with Crippen molar-refractivity contribution in [3.8, 4) is 11.9 Å². The molecule has 2 heterocycles. The number of halogens is 1. The van der Waals surface area contributed by atoms with Crippen molar-refractivity contribution in [2.24, 2.45) is 5.92 Å². The van der Waals surface area contributed by atoms with Crippen LogP contribution in [0.15, 0.2) is 60.0 Å². The second-order valence-corrected chi connectivity index (χ2v) is 5.51. The smallest absolute Gasteiger partial charge is 0.227 e. The number of ether oxygens (including phenoxy) is 1. The van der Waals surface area contributed by atoms with Crippen molar-refractivity contribution in [1.82, 2.24) is 4.98 Å². The highest BCUT2D eigenvalue weighted by atomic mass is 79.9. The van der Waals surface area contributed by atoms with Crippen LogP contribution in [0.1, 0.15) is 12.0 Å². The molecule has 0 saturated carbocycles. The molecule has 1 atom stereocenters. The SMILES string of the molecule is N#CC1C=CC=C2Oc3ncccc3C(=CCCBr)C=C21. The van der Waals surface area contributed by atoms with Gasteiger partial charge in [-0.3, -0.25) is 0 Å². The minimum absolute atomic E-state index is 0.285. The topological polar surface area (TPSA) is 45.9 Å². The molecule has 1 aromatic heterocycles. The average molecular weight is 341 g/mol. The van der Waals surface area contributed by atoms with Crippen LogP contribution < -0.4 is 4.74 Å². The number of nitriles is 1. The zero-order valence-corrected chi connectivity index (χ0v) is 12.9. The molecule has 1 aliphatic heterocycles. The van der Waals surface area contributed by atoms with Crippen molar-refractivity contribution < 1.29 is 4.74 Å². The van der Waals surface area contributed by atoms with Crippen molar-refractivity contribution in [3.63, 3.8) is 0 Å². The molecular formula is C17H13BrN2O. The maximum Gasteiger partial charge on any atom is 0.227 e. The lowest BCUT2D eigenvalue weighted by atomic mass is 9.91. The number of fused-ring (bicyclic) bond motifs is 2. The van der Waals surface area contributed by atoms with Gasteiger partial charge in [0.25, 0.3) is 0 Å². The number of pyridine rings is 1. The molecule has 0 bridgehead atoms. The van der Waals surface area contributed by atoms with E-state index in [9.17, 15) is 5.26 Å². The Morgan fingerprint density at radius 1 is 1.48 bits per heavy atom. The summed E-state index contributed by atoms with van der Waals surface area (Å²) in [6.07, 6.45) is 12.4. The fourth-order valence-electron chi connectivity index (χ4n) is 2.39. The van der Waals surface area contributed by atoms with Crippen LogP contribution in [0.5, 0.6) is 5.88 Å². The van der Waals surface area contributed by atoms with E-state index < -0.39 is 0 Å². The molecule has 3 nitrogen and oxygen atoms in total. The number of aromatic nitrogens is 1. The number of rotatable bonds is 2. The molecule has 0 N–H and O–H groups in total. The largest absolute Gasteiger partial charge is 0.438 e. The van der Waals surface area contributed by atoms with Crippen molar-refractivity contribution in [1.29, 1.82) is 5.26 Å². The summed E-state index contributed by atoms with van der Waals surface area (Å²) in [5.41, 5.74) is 2.89. The highest BCUT2D eigenvalue weighted by Crippen LogP contribution is 2.37. The average Bonchev–Trinajstić information content (AvgIpc) is 2.68. The first-order valence-corrected chi connectivity index (χ1v) is 7.85. The van der Waals surface area contributed by atoms with Crippen LogP contribution >= 0.6 is 15.9 Å². The van der Waals surface area contributed by atoms with Crippen LogP contribution in [0.3, 0.4) is 0 Å². The molecular weight excluding hydrogens is 328 g/mol. The monoisotopic (exact) mass is 340 g/mol. The van der Waals surface area contributed by atoms with E-state index in [1.54, 1.807) is 6.20 Å². The predicted octanol–water partition coefficient (Wildman–Crippen LogP) is 4.16. The van der Waals surface area contributed by atoms with Gasteiger partial charge in [0, 0.05) is 22.7 Å². The van der Waals surface area contributed by atoms with Crippen LogP contribution in [0.4, 0.5) is 0 Å². The summed E-state index contributed by atoms with van der Waals surface area (Å²) in [5, 5.41) is 10.2. The molecule has 3 rings (SSSR count). The molecule has 1 unspecified atom stereocenters. The van der Waals surface area contributed by atoms with E-state index in [-0.39, 0.29) is 5.92 Å². The number of allylic oxidation sites excluding steroid dienone is 7. The lowest BCUT2D eigenvalue weighted by molar-refractivity contribution is 0.413. The highest BCUT2D eigenvalue weighted by Gasteiger charge is 2.25. The Morgan fingerprint density at radius 3 is 3.19 bits per heavy atom. The van der Waals surface area contributed by atoms with Crippen LogP contribution in [0.2, 0.25) is 0 Å². The second kappa shape index (κ2) is 6.11. The summed E-state index contributed by atoms with van der Waals surface area (Å²) in [6, 6.07) is 6.19. The van der Waals surface area contributed by atoms with E-state index >= 15 is 0 Å². The third-order valence-corrected chi connectivity index (χ3v) is 3.84. The molecule has 21 heavy (non-hydrogen) atoms. The van der Waals surface area contributed by atoms with E-state index in [1.807, 2.05) is 36.4 Å². The third kappa shape index (κ3) is 2.70. The molecule has 2 aliphatic rings. The number of hydrogen-bond acceptors (Lipinski definition) is 3. The second-order valence-electron chi connectivity index (χ2n) is 4.72. The molecule has 0 aromatic carbocycles. The summed E-state index contributed by atoms with van der Waals surface area (Å²) in [5.74, 6) is 1.00. The van der Waals surface area contributed by atoms with Gasteiger partial charge >= 0.3 is 0 Å². The van der Waals surface area contributed by atoms with Gasteiger partial charge in [0.05, 0.1) is 12.0 Å². The summed E-state index contributed by atoms with van der Waals surface area (Å²) in [6.45, 7) is 0. The van der Waals surface area contributed by atoms with Gasteiger partial charge in [-0.25, -0.2) is 4.98 Å². The molecule has 1 aromatic rings. The van der Waals surface area contributed by atoms with Crippen LogP contribution in [-0.2, 0) is 0 Å². The molecule has 1 aliphatic carbocycles. The Balaban J connectivity index is 2.16. The Hall–Kier alpha value is -2.12. The van der Waals surface area contributed by atoms with Crippen LogP contribution in [0.25, 0.3) is 5.57 Å². The van der Waals surface area contributed by atoms with Crippen molar-refractivity contribution >= 4 is 21.5 Å². The lowest BCUT2D eigenvalue weighted by Gasteiger charge is -2.15. The molecule has 0 radical (unpaired) electrons. The van der Waals surface area contributed by atoms with Gasteiger partial charge in [-0.1, -0.05) is 34.2 Å². The van der Waals surface area contributed by atoms with E-state index in [2.05, 4.69) is 33.1 Å². The maximum absolute atomic E-state index is 9.33. The molecule has 0 saturated heterocycles. The molecule has 4 heteroatoms. The first-order chi connectivity index (χ1) is 10.3. The first kappa shape index (κ1) is 13.8. The zero-order valence-electron chi connectivity index (χ0n) is 11.3. The number of nitrogens with zero attached hydrogens (tertiary/aromatic N) is 2.